The Hall–Kier alpha value is -1.69. The Morgan fingerprint density at radius 3 is 2.25 bits per heavy atom. The summed E-state index contributed by atoms with van der Waals surface area (Å²) in [6.07, 6.45) is 0.889. The lowest BCUT2D eigenvalue weighted by Gasteiger charge is -2.03. The fourth-order valence-electron chi connectivity index (χ4n) is 1.11. The van der Waals surface area contributed by atoms with Crippen molar-refractivity contribution in [2.75, 3.05) is 6.26 Å². The first kappa shape index (κ1) is 12.4. The molecule has 0 unspecified atom stereocenters. The standard InChI is InChI=1S/C10H11NO4S/c1-7(12)8-4-3-5-9(6-8)10(13)11-16(2,14)15/h3-6H,1-2H3,(H,11,13). The minimum atomic E-state index is -3.59. The summed E-state index contributed by atoms with van der Waals surface area (Å²) in [4.78, 5) is 22.5. The van der Waals surface area contributed by atoms with Crippen LogP contribution < -0.4 is 4.72 Å². The number of carbonyl (C=O) groups is 2. The molecule has 1 aromatic carbocycles. The third-order valence-electron chi connectivity index (χ3n) is 1.81. The molecule has 6 heteroatoms. The molecule has 0 radical (unpaired) electrons. The molecular weight excluding hydrogens is 230 g/mol. The number of benzene rings is 1. The minimum Gasteiger partial charge on any atom is -0.295 e. The van der Waals surface area contributed by atoms with Crippen molar-refractivity contribution in [2.45, 2.75) is 6.92 Å². The molecule has 1 aromatic rings. The number of rotatable bonds is 3. The molecule has 0 saturated heterocycles. The Kier molecular flexibility index (Phi) is 3.44. The van der Waals surface area contributed by atoms with E-state index in [9.17, 15) is 18.0 Å². The van der Waals surface area contributed by atoms with Crippen molar-refractivity contribution in [1.82, 2.24) is 4.72 Å². The molecule has 86 valence electrons. The Morgan fingerprint density at radius 2 is 1.75 bits per heavy atom. The van der Waals surface area contributed by atoms with E-state index in [1.54, 1.807) is 6.07 Å². The van der Waals surface area contributed by atoms with E-state index >= 15 is 0 Å². The average Bonchev–Trinajstić information content (AvgIpc) is 2.15. The monoisotopic (exact) mass is 241 g/mol. The fourth-order valence-corrected chi connectivity index (χ4v) is 1.56. The second-order valence-corrected chi connectivity index (χ2v) is 5.09. The van der Waals surface area contributed by atoms with E-state index in [-0.39, 0.29) is 11.3 Å². The van der Waals surface area contributed by atoms with Crippen LogP contribution in [0.2, 0.25) is 0 Å². The van der Waals surface area contributed by atoms with E-state index in [1.807, 2.05) is 4.72 Å². The normalized spacial score (nSPS) is 10.9. The van der Waals surface area contributed by atoms with Gasteiger partial charge in [0.2, 0.25) is 10.0 Å². The highest BCUT2D eigenvalue weighted by Crippen LogP contribution is 2.06. The smallest absolute Gasteiger partial charge is 0.264 e. The van der Waals surface area contributed by atoms with Crippen molar-refractivity contribution in [3.8, 4) is 0 Å². The maximum Gasteiger partial charge on any atom is 0.264 e. The topological polar surface area (TPSA) is 80.3 Å². The molecule has 1 N–H and O–H groups in total. The summed E-state index contributed by atoms with van der Waals surface area (Å²) >= 11 is 0. The first-order chi connectivity index (χ1) is 7.29. The van der Waals surface area contributed by atoms with E-state index in [4.69, 9.17) is 0 Å². The van der Waals surface area contributed by atoms with E-state index in [0.717, 1.165) is 6.26 Å². The Labute approximate surface area is 93.5 Å². The maximum atomic E-state index is 11.4. The van der Waals surface area contributed by atoms with Gasteiger partial charge in [-0.1, -0.05) is 12.1 Å². The number of ketones is 1. The van der Waals surface area contributed by atoms with Gasteiger partial charge in [-0.15, -0.1) is 0 Å². The van der Waals surface area contributed by atoms with E-state index in [1.165, 1.54) is 25.1 Å². The zero-order valence-corrected chi connectivity index (χ0v) is 9.67. The molecule has 5 nitrogen and oxygen atoms in total. The van der Waals surface area contributed by atoms with E-state index in [0.29, 0.717) is 5.56 Å². The van der Waals surface area contributed by atoms with Crippen LogP contribution in [0.25, 0.3) is 0 Å². The summed E-state index contributed by atoms with van der Waals surface area (Å²) in [7, 11) is -3.59. The van der Waals surface area contributed by atoms with Crippen molar-refractivity contribution in [1.29, 1.82) is 0 Å². The van der Waals surface area contributed by atoms with Crippen molar-refractivity contribution in [2.24, 2.45) is 0 Å². The predicted octanol–water partition coefficient (Wildman–Crippen LogP) is 0.579. The summed E-state index contributed by atoms with van der Waals surface area (Å²) in [5.74, 6) is -0.931. The number of hydrogen-bond acceptors (Lipinski definition) is 4. The predicted molar refractivity (Wildman–Crippen MR) is 58.8 cm³/mol. The van der Waals surface area contributed by atoms with Gasteiger partial charge in [0.25, 0.3) is 5.91 Å². The van der Waals surface area contributed by atoms with E-state index < -0.39 is 15.9 Å². The van der Waals surface area contributed by atoms with Crippen molar-refractivity contribution in [3.63, 3.8) is 0 Å². The Bertz CT molecular complexity index is 534. The molecule has 0 aliphatic rings. The summed E-state index contributed by atoms with van der Waals surface area (Å²) < 4.78 is 23.5. The zero-order chi connectivity index (χ0) is 12.3. The van der Waals surface area contributed by atoms with Crippen LogP contribution in [-0.2, 0) is 10.0 Å². The molecule has 0 fully saturated rings. The second-order valence-electron chi connectivity index (χ2n) is 3.34. The molecule has 0 heterocycles. The summed E-state index contributed by atoms with van der Waals surface area (Å²) in [5, 5.41) is 0. The molecule has 0 bridgehead atoms. The van der Waals surface area contributed by atoms with Gasteiger partial charge in [0, 0.05) is 11.1 Å². The number of nitrogens with one attached hydrogen (secondary N) is 1. The van der Waals surface area contributed by atoms with Gasteiger partial charge in [0.1, 0.15) is 0 Å². The quantitative estimate of drug-likeness (QED) is 0.785. The molecule has 0 saturated carbocycles. The summed E-state index contributed by atoms with van der Waals surface area (Å²) in [6.45, 7) is 1.37. The van der Waals surface area contributed by atoms with Gasteiger partial charge >= 0.3 is 0 Å². The number of Topliss-reactive ketones (excluding diaryl/α,β-unsaturated/α-hetero) is 1. The van der Waals surface area contributed by atoms with Gasteiger partial charge in [-0.25, -0.2) is 13.1 Å². The Morgan fingerprint density at radius 1 is 1.19 bits per heavy atom. The van der Waals surface area contributed by atoms with Gasteiger partial charge in [-0.05, 0) is 19.1 Å². The lowest BCUT2D eigenvalue weighted by atomic mass is 10.1. The van der Waals surface area contributed by atoms with Gasteiger partial charge < -0.3 is 0 Å². The van der Waals surface area contributed by atoms with Crippen LogP contribution in [0.15, 0.2) is 24.3 Å². The fraction of sp³-hybridized carbons (Fsp3) is 0.200. The van der Waals surface area contributed by atoms with Crippen LogP contribution in [0.1, 0.15) is 27.6 Å². The van der Waals surface area contributed by atoms with Crippen LogP contribution in [0, 0.1) is 0 Å². The molecular formula is C10H11NO4S. The van der Waals surface area contributed by atoms with Crippen molar-refractivity contribution in [3.05, 3.63) is 35.4 Å². The number of amides is 1. The molecule has 16 heavy (non-hydrogen) atoms. The number of hydrogen-bond donors (Lipinski definition) is 1. The van der Waals surface area contributed by atoms with Crippen molar-refractivity contribution < 1.29 is 18.0 Å². The summed E-state index contributed by atoms with van der Waals surface area (Å²) in [6, 6.07) is 5.86. The SMILES string of the molecule is CC(=O)c1cccc(C(=O)NS(C)(=O)=O)c1. The van der Waals surface area contributed by atoms with E-state index in [2.05, 4.69) is 0 Å². The largest absolute Gasteiger partial charge is 0.295 e. The Balaban J connectivity index is 3.01. The summed E-state index contributed by atoms with van der Waals surface area (Å²) in [5.41, 5.74) is 0.499. The first-order valence-corrected chi connectivity index (χ1v) is 6.32. The molecule has 1 rings (SSSR count). The van der Waals surface area contributed by atoms with Gasteiger partial charge in [-0.2, -0.15) is 0 Å². The lowest BCUT2D eigenvalue weighted by molar-refractivity contribution is 0.0981. The van der Waals surface area contributed by atoms with Gasteiger partial charge in [-0.3, -0.25) is 9.59 Å². The van der Waals surface area contributed by atoms with Crippen molar-refractivity contribution >= 4 is 21.7 Å². The number of sulfonamides is 1. The first-order valence-electron chi connectivity index (χ1n) is 4.43. The highest BCUT2D eigenvalue weighted by Gasteiger charge is 2.11. The maximum absolute atomic E-state index is 11.4. The molecule has 0 aliphatic heterocycles. The molecule has 0 atom stereocenters. The minimum absolute atomic E-state index is 0.137. The molecule has 0 aliphatic carbocycles. The highest BCUT2D eigenvalue weighted by atomic mass is 32.2. The highest BCUT2D eigenvalue weighted by molar-refractivity contribution is 7.89. The van der Waals surface area contributed by atoms with Gasteiger partial charge in [0.05, 0.1) is 6.26 Å². The third kappa shape index (κ3) is 3.47. The van der Waals surface area contributed by atoms with Crippen LogP contribution in [0.5, 0.6) is 0 Å². The lowest BCUT2D eigenvalue weighted by Crippen LogP contribution is -2.29. The van der Waals surface area contributed by atoms with Gasteiger partial charge in [0.15, 0.2) is 5.78 Å². The molecule has 0 spiro atoms. The van der Waals surface area contributed by atoms with Crippen LogP contribution in [-0.4, -0.2) is 26.4 Å². The van der Waals surface area contributed by atoms with Crippen LogP contribution >= 0.6 is 0 Å². The van der Waals surface area contributed by atoms with Crippen LogP contribution in [0.3, 0.4) is 0 Å². The van der Waals surface area contributed by atoms with Crippen LogP contribution in [0.4, 0.5) is 0 Å². The molecule has 1 amide bonds. The number of carbonyl (C=O) groups excluding carboxylic acids is 2. The zero-order valence-electron chi connectivity index (χ0n) is 8.85. The third-order valence-corrected chi connectivity index (χ3v) is 2.37. The second kappa shape index (κ2) is 4.44. The average molecular weight is 241 g/mol. The molecule has 0 aromatic heterocycles.